The van der Waals surface area contributed by atoms with E-state index in [1.54, 1.807) is 0 Å². The SMILES string of the molecule is COc1ccc(C(=O)O)cc1S(=O)(=O)CCC1CC1. The van der Waals surface area contributed by atoms with Gasteiger partial charge in [0.05, 0.1) is 18.4 Å². The number of aromatic carboxylic acids is 1. The summed E-state index contributed by atoms with van der Waals surface area (Å²) in [5.41, 5.74) is -0.0502. The van der Waals surface area contributed by atoms with Crippen LogP contribution in [-0.2, 0) is 9.84 Å². The molecule has 1 saturated carbocycles. The summed E-state index contributed by atoms with van der Waals surface area (Å²) >= 11 is 0. The number of carboxylic acid groups (broad SMARTS) is 1. The molecule has 1 aromatic rings. The number of benzene rings is 1. The van der Waals surface area contributed by atoms with Crippen molar-refractivity contribution in [3.63, 3.8) is 0 Å². The van der Waals surface area contributed by atoms with Crippen LogP contribution in [0, 0.1) is 5.92 Å². The first-order chi connectivity index (χ1) is 8.94. The largest absolute Gasteiger partial charge is 0.495 e. The van der Waals surface area contributed by atoms with E-state index in [0.717, 1.165) is 12.8 Å². The van der Waals surface area contributed by atoms with E-state index in [1.807, 2.05) is 0 Å². The van der Waals surface area contributed by atoms with E-state index in [4.69, 9.17) is 9.84 Å². The fourth-order valence-corrected chi connectivity index (χ4v) is 3.52. The van der Waals surface area contributed by atoms with Crippen molar-refractivity contribution in [2.45, 2.75) is 24.2 Å². The molecule has 1 aliphatic carbocycles. The Labute approximate surface area is 112 Å². The summed E-state index contributed by atoms with van der Waals surface area (Å²) in [5, 5.41) is 8.93. The summed E-state index contributed by atoms with van der Waals surface area (Å²) < 4.78 is 29.5. The number of hydrogen-bond donors (Lipinski definition) is 1. The van der Waals surface area contributed by atoms with Crippen LogP contribution in [0.1, 0.15) is 29.6 Å². The first-order valence-corrected chi connectivity index (χ1v) is 7.73. The van der Waals surface area contributed by atoms with Gasteiger partial charge >= 0.3 is 5.97 Å². The van der Waals surface area contributed by atoms with Gasteiger partial charge in [-0.15, -0.1) is 0 Å². The molecule has 19 heavy (non-hydrogen) atoms. The van der Waals surface area contributed by atoms with Gasteiger partial charge < -0.3 is 9.84 Å². The molecule has 0 bridgehead atoms. The van der Waals surface area contributed by atoms with Gasteiger partial charge in [-0.2, -0.15) is 0 Å². The Morgan fingerprint density at radius 3 is 2.63 bits per heavy atom. The molecule has 0 aliphatic heterocycles. The van der Waals surface area contributed by atoms with Crippen LogP contribution in [0.2, 0.25) is 0 Å². The second kappa shape index (κ2) is 5.21. The van der Waals surface area contributed by atoms with Gasteiger partial charge in [0.25, 0.3) is 0 Å². The van der Waals surface area contributed by atoms with Gasteiger partial charge in [-0.3, -0.25) is 0 Å². The number of carbonyl (C=O) groups is 1. The number of rotatable bonds is 6. The predicted octanol–water partition coefficient (Wildman–Crippen LogP) is 1.97. The molecule has 1 N–H and O–H groups in total. The van der Waals surface area contributed by atoms with Crippen LogP contribution < -0.4 is 4.74 Å². The molecule has 0 aromatic heterocycles. The molecule has 0 radical (unpaired) electrons. The molecule has 0 unspecified atom stereocenters. The summed E-state index contributed by atoms with van der Waals surface area (Å²) in [5.74, 6) is -0.414. The standard InChI is InChI=1S/C13H16O5S/c1-18-11-5-4-10(13(14)15)8-12(11)19(16,17)7-6-9-2-3-9/h4-5,8-9H,2-3,6-7H2,1H3,(H,14,15). The Hall–Kier alpha value is -1.56. The summed E-state index contributed by atoms with van der Waals surface area (Å²) in [6.45, 7) is 0. The maximum absolute atomic E-state index is 12.2. The van der Waals surface area contributed by atoms with E-state index in [-0.39, 0.29) is 22.0 Å². The number of hydrogen-bond acceptors (Lipinski definition) is 4. The average Bonchev–Trinajstić information content (AvgIpc) is 3.19. The highest BCUT2D eigenvalue weighted by atomic mass is 32.2. The molecule has 0 amide bonds. The van der Waals surface area contributed by atoms with Crippen LogP contribution >= 0.6 is 0 Å². The van der Waals surface area contributed by atoms with Crippen molar-refractivity contribution in [2.75, 3.05) is 12.9 Å². The topological polar surface area (TPSA) is 80.7 Å². The predicted molar refractivity (Wildman–Crippen MR) is 69.3 cm³/mol. The smallest absolute Gasteiger partial charge is 0.335 e. The number of sulfone groups is 1. The molecule has 104 valence electrons. The minimum absolute atomic E-state index is 0.0319. The Morgan fingerprint density at radius 2 is 2.11 bits per heavy atom. The number of ether oxygens (including phenoxy) is 1. The van der Waals surface area contributed by atoms with Gasteiger partial charge in [-0.25, -0.2) is 13.2 Å². The molecule has 5 nitrogen and oxygen atoms in total. The first kappa shape index (κ1) is 13.9. The van der Waals surface area contributed by atoms with Crippen molar-refractivity contribution < 1.29 is 23.1 Å². The molecule has 0 heterocycles. The van der Waals surface area contributed by atoms with Gasteiger partial charge in [0.15, 0.2) is 9.84 Å². The van der Waals surface area contributed by atoms with Gasteiger partial charge in [-0.05, 0) is 30.5 Å². The van der Waals surface area contributed by atoms with E-state index in [2.05, 4.69) is 0 Å². The molecule has 0 atom stereocenters. The Bertz CT molecular complexity index is 587. The molecule has 1 aliphatic rings. The first-order valence-electron chi connectivity index (χ1n) is 6.08. The Kier molecular flexibility index (Phi) is 3.80. The third-order valence-corrected chi connectivity index (χ3v) is 5.00. The summed E-state index contributed by atoms with van der Waals surface area (Å²) in [6.07, 6.45) is 2.80. The van der Waals surface area contributed by atoms with Crippen LogP contribution in [0.3, 0.4) is 0 Å². The summed E-state index contributed by atoms with van der Waals surface area (Å²) in [6, 6.07) is 3.89. The van der Waals surface area contributed by atoms with E-state index < -0.39 is 15.8 Å². The van der Waals surface area contributed by atoms with Gasteiger partial charge in [-0.1, -0.05) is 12.8 Å². The fraction of sp³-hybridized carbons (Fsp3) is 0.462. The highest BCUT2D eigenvalue weighted by Gasteiger charge is 2.27. The zero-order valence-corrected chi connectivity index (χ0v) is 11.4. The van der Waals surface area contributed by atoms with Crippen molar-refractivity contribution in [1.82, 2.24) is 0 Å². The third-order valence-electron chi connectivity index (χ3n) is 3.24. The number of carboxylic acids is 1. The molecular weight excluding hydrogens is 268 g/mol. The third kappa shape index (κ3) is 3.26. The zero-order chi connectivity index (χ0) is 14.0. The van der Waals surface area contributed by atoms with E-state index >= 15 is 0 Å². The molecule has 0 spiro atoms. The highest BCUT2D eigenvalue weighted by molar-refractivity contribution is 7.91. The monoisotopic (exact) mass is 284 g/mol. The lowest BCUT2D eigenvalue weighted by molar-refractivity contribution is 0.0696. The van der Waals surface area contributed by atoms with Crippen molar-refractivity contribution >= 4 is 15.8 Å². The summed E-state index contributed by atoms with van der Waals surface area (Å²) in [4.78, 5) is 10.9. The molecule has 0 saturated heterocycles. The average molecular weight is 284 g/mol. The van der Waals surface area contributed by atoms with Crippen LogP contribution in [-0.4, -0.2) is 32.4 Å². The summed E-state index contributed by atoms with van der Waals surface area (Å²) in [7, 11) is -2.13. The van der Waals surface area contributed by atoms with Gasteiger partial charge in [0.2, 0.25) is 0 Å². The van der Waals surface area contributed by atoms with Crippen LogP contribution in [0.4, 0.5) is 0 Å². The van der Waals surface area contributed by atoms with Crippen molar-refractivity contribution in [2.24, 2.45) is 5.92 Å². The van der Waals surface area contributed by atoms with E-state index in [0.29, 0.717) is 12.3 Å². The van der Waals surface area contributed by atoms with E-state index in [1.165, 1.54) is 25.3 Å². The zero-order valence-electron chi connectivity index (χ0n) is 10.6. The Balaban J connectivity index is 2.33. The minimum atomic E-state index is -3.50. The molecule has 1 aromatic carbocycles. The van der Waals surface area contributed by atoms with Gasteiger partial charge in [0.1, 0.15) is 10.6 Å². The highest BCUT2D eigenvalue weighted by Crippen LogP contribution is 2.34. The molecule has 2 rings (SSSR count). The molecular formula is C13H16O5S. The Morgan fingerprint density at radius 1 is 1.42 bits per heavy atom. The molecule has 6 heteroatoms. The van der Waals surface area contributed by atoms with Gasteiger partial charge in [0, 0.05) is 0 Å². The van der Waals surface area contributed by atoms with Crippen LogP contribution in [0.25, 0.3) is 0 Å². The minimum Gasteiger partial charge on any atom is -0.495 e. The quantitative estimate of drug-likeness (QED) is 0.863. The maximum Gasteiger partial charge on any atom is 0.335 e. The van der Waals surface area contributed by atoms with Crippen LogP contribution in [0.5, 0.6) is 5.75 Å². The van der Waals surface area contributed by atoms with Crippen molar-refractivity contribution in [1.29, 1.82) is 0 Å². The van der Waals surface area contributed by atoms with E-state index in [9.17, 15) is 13.2 Å². The number of methoxy groups -OCH3 is 1. The molecule has 1 fully saturated rings. The van der Waals surface area contributed by atoms with Crippen molar-refractivity contribution in [3.05, 3.63) is 23.8 Å². The second-order valence-corrected chi connectivity index (χ2v) is 6.80. The second-order valence-electron chi connectivity index (χ2n) is 4.72. The lowest BCUT2D eigenvalue weighted by atomic mass is 10.2. The lowest BCUT2D eigenvalue weighted by Gasteiger charge is -2.10. The maximum atomic E-state index is 12.2. The van der Waals surface area contributed by atoms with Crippen molar-refractivity contribution in [3.8, 4) is 5.75 Å². The fourth-order valence-electron chi connectivity index (χ4n) is 1.89. The normalized spacial score (nSPS) is 15.2. The van der Waals surface area contributed by atoms with Crippen LogP contribution in [0.15, 0.2) is 23.1 Å². The lowest BCUT2D eigenvalue weighted by Crippen LogP contribution is -2.10.